The zero-order valence-corrected chi connectivity index (χ0v) is 27.3. The molecule has 0 radical (unpaired) electrons. The Morgan fingerprint density at radius 1 is 0.674 bits per heavy atom. The Balaban J connectivity index is 1.20. The maximum Gasteiger partial charge on any atom is 0.141 e. The number of nitrogens with zero attached hydrogens (tertiary/aromatic N) is 2. The molecule has 3 aliphatic rings. The minimum Gasteiger partial charge on any atom is -0.497 e. The van der Waals surface area contributed by atoms with Crippen LogP contribution in [0.1, 0.15) is 53.7 Å². The van der Waals surface area contributed by atoms with Gasteiger partial charge in [0.15, 0.2) is 0 Å². The predicted octanol–water partition coefficient (Wildman–Crippen LogP) is 7.83. The van der Waals surface area contributed by atoms with Crippen LogP contribution in [0.25, 0.3) is 0 Å². The van der Waals surface area contributed by atoms with Crippen LogP contribution in [-0.2, 0) is 22.3 Å². The molecule has 0 saturated carbocycles. The number of hydrogen-bond donors (Lipinski definition) is 0. The molecule has 0 amide bonds. The fraction of sp³-hybridized carbons (Fsp3) is 0.400. The van der Waals surface area contributed by atoms with Gasteiger partial charge in [0.1, 0.15) is 36.0 Å². The maximum absolute atomic E-state index is 6.43. The summed E-state index contributed by atoms with van der Waals surface area (Å²) in [4.78, 5) is 2.74. The molecule has 0 aliphatic carbocycles. The van der Waals surface area contributed by atoms with Gasteiger partial charge in [-0.3, -0.25) is 9.38 Å². The first-order valence-corrected chi connectivity index (χ1v) is 17.0. The van der Waals surface area contributed by atoms with Crippen LogP contribution in [-0.4, -0.2) is 64.6 Å². The fourth-order valence-electron chi connectivity index (χ4n) is 8.05. The molecule has 3 atom stereocenters. The molecule has 3 aliphatic heterocycles. The molecule has 3 unspecified atom stereocenters. The zero-order valence-electron chi connectivity index (χ0n) is 27.3. The van der Waals surface area contributed by atoms with E-state index >= 15 is 0 Å². The van der Waals surface area contributed by atoms with Crippen molar-refractivity contribution in [3.05, 3.63) is 119 Å². The van der Waals surface area contributed by atoms with Crippen molar-refractivity contribution < 1.29 is 18.9 Å². The van der Waals surface area contributed by atoms with Crippen molar-refractivity contribution in [2.45, 2.75) is 50.4 Å². The number of benzene rings is 4. The minimum atomic E-state index is 0.137. The van der Waals surface area contributed by atoms with Crippen molar-refractivity contribution in [2.24, 2.45) is 0 Å². The number of hydrogen-bond acceptors (Lipinski definition) is 5. The van der Waals surface area contributed by atoms with E-state index in [9.17, 15) is 0 Å². The first-order chi connectivity index (χ1) is 22.7. The molecule has 1 fully saturated rings. The zero-order chi connectivity index (χ0) is 31.3. The first kappa shape index (κ1) is 30.9. The van der Waals surface area contributed by atoms with Crippen LogP contribution in [0.15, 0.2) is 97.1 Å². The number of quaternary nitrogens is 1. The highest BCUT2D eigenvalue weighted by atomic mass is 16.5. The summed E-state index contributed by atoms with van der Waals surface area (Å²) in [6.45, 7) is 5.49. The summed E-state index contributed by atoms with van der Waals surface area (Å²) < 4.78 is 25.0. The Morgan fingerprint density at radius 3 is 1.83 bits per heavy atom. The van der Waals surface area contributed by atoms with Gasteiger partial charge in [-0.25, -0.2) is 0 Å². The van der Waals surface area contributed by atoms with Gasteiger partial charge >= 0.3 is 0 Å². The van der Waals surface area contributed by atoms with Crippen molar-refractivity contribution in [2.75, 3.05) is 53.6 Å². The third-order valence-corrected chi connectivity index (χ3v) is 10.5. The van der Waals surface area contributed by atoms with Gasteiger partial charge in [0.05, 0.1) is 45.7 Å². The smallest absolute Gasteiger partial charge is 0.141 e. The van der Waals surface area contributed by atoms with E-state index in [-0.39, 0.29) is 12.2 Å². The standard InChI is InChI=1S/C40H47N2O4/c1-43-35-13-7-11-33(27-35)42(34-12-8-14-36(28-34)44-2)24-23-41(22-19-40-38-16-6-4-10-31(38)21-26-46-40)32(29-42)17-18-39-37-15-5-3-9-30(37)20-25-45-39/h3-16,27-28,32,39-40H,17-26,29H2,1-2H3/q+1. The van der Waals surface area contributed by atoms with Crippen LogP contribution >= 0.6 is 0 Å². The molecule has 0 N–H and O–H groups in total. The lowest BCUT2D eigenvalue weighted by atomic mass is 9.91. The Morgan fingerprint density at radius 2 is 1.24 bits per heavy atom. The van der Waals surface area contributed by atoms with E-state index in [0.717, 1.165) is 87.5 Å². The second-order valence-corrected chi connectivity index (χ2v) is 12.9. The Kier molecular flexibility index (Phi) is 9.40. The first-order valence-electron chi connectivity index (χ1n) is 17.0. The molecule has 0 aromatic heterocycles. The van der Waals surface area contributed by atoms with Crippen LogP contribution in [0.4, 0.5) is 11.4 Å². The quantitative estimate of drug-likeness (QED) is 0.169. The van der Waals surface area contributed by atoms with Crippen LogP contribution in [0, 0.1) is 0 Å². The lowest BCUT2D eigenvalue weighted by Gasteiger charge is -2.49. The van der Waals surface area contributed by atoms with Gasteiger partial charge < -0.3 is 18.9 Å². The number of ether oxygens (including phenoxy) is 4. The number of rotatable bonds is 10. The molecule has 4 aromatic carbocycles. The molecule has 6 nitrogen and oxygen atoms in total. The van der Waals surface area contributed by atoms with Gasteiger partial charge in [-0.2, -0.15) is 0 Å². The fourth-order valence-corrected chi connectivity index (χ4v) is 8.05. The van der Waals surface area contributed by atoms with Gasteiger partial charge in [0.2, 0.25) is 0 Å². The predicted molar refractivity (Wildman–Crippen MR) is 184 cm³/mol. The van der Waals surface area contributed by atoms with E-state index < -0.39 is 0 Å². The van der Waals surface area contributed by atoms with E-state index in [2.05, 4.69) is 89.8 Å². The van der Waals surface area contributed by atoms with E-state index in [4.69, 9.17) is 18.9 Å². The lowest BCUT2D eigenvalue weighted by Crippen LogP contribution is -2.62. The maximum atomic E-state index is 6.43. The van der Waals surface area contributed by atoms with Gasteiger partial charge in [0, 0.05) is 25.2 Å². The molecular weight excluding hydrogens is 572 g/mol. The average molecular weight is 620 g/mol. The molecule has 46 heavy (non-hydrogen) atoms. The highest BCUT2D eigenvalue weighted by Gasteiger charge is 2.43. The van der Waals surface area contributed by atoms with Gasteiger partial charge in [0.25, 0.3) is 0 Å². The molecule has 7 rings (SSSR count). The van der Waals surface area contributed by atoms with Crippen molar-refractivity contribution >= 4 is 11.4 Å². The van der Waals surface area contributed by atoms with E-state index in [0.29, 0.717) is 6.04 Å². The molecule has 1 saturated heterocycles. The SMILES string of the molecule is COc1cccc([N+]2(c3cccc(OC)c3)CCN(CCC3OCCc4ccccc43)C(CCC3OCCc4ccccc43)C2)c1. The topological polar surface area (TPSA) is 40.2 Å². The molecule has 240 valence electrons. The molecule has 6 heteroatoms. The van der Waals surface area contributed by atoms with Crippen molar-refractivity contribution in [3.63, 3.8) is 0 Å². The average Bonchev–Trinajstić information content (AvgIpc) is 3.13. The number of piperazine rings is 1. The van der Waals surface area contributed by atoms with Gasteiger partial charge in [-0.05, 0) is 78.6 Å². The van der Waals surface area contributed by atoms with Crippen LogP contribution in [0.5, 0.6) is 11.5 Å². The van der Waals surface area contributed by atoms with E-state index in [1.165, 1.54) is 33.6 Å². The molecule has 0 bridgehead atoms. The summed E-state index contributed by atoms with van der Waals surface area (Å²) in [6.07, 6.45) is 5.33. The van der Waals surface area contributed by atoms with Crippen molar-refractivity contribution in [1.82, 2.24) is 9.38 Å². The third kappa shape index (κ3) is 6.32. The van der Waals surface area contributed by atoms with Crippen LogP contribution < -0.4 is 14.0 Å². The molecular formula is C40H47N2O4+. The summed E-state index contributed by atoms with van der Waals surface area (Å²) >= 11 is 0. The van der Waals surface area contributed by atoms with E-state index in [1.54, 1.807) is 14.2 Å². The van der Waals surface area contributed by atoms with Gasteiger partial charge in [-0.1, -0.05) is 60.7 Å². The molecule has 4 aromatic rings. The number of methoxy groups -OCH3 is 2. The molecule has 0 spiro atoms. The summed E-state index contributed by atoms with van der Waals surface area (Å²) in [5, 5.41) is 0. The third-order valence-electron chi connectivity index (χ3n) is 10.5. The van der Waals surface area contributed by atoms with E-state index in [1.807, 2.05) is 12.1 Å². The van der Waals surface area contributed by atoms with Crippen molar-refractivity contribution in [1.29, 1.82) is 0 Å². The highest BCUT2D eigenvalue weighted by molar-refractivity contribution is 5.62. The van der Waals surface area contributed by atoms with Gasteiger partial charge in [-0.15, -0.1) is 0 Å². The monoisotopic (exact) mass is 619 g/mol. The summed E-state index contributed by atoms with van der Waals surface area (Å²) in [5.74, 6) is 1.77. The van der Waals surface area contributed by atoms with Crippen LogP contribution in [0.3, 0.4) is 0 Å². The normalized spacial score (nSPS) is 22.4. The summed E-state index contributed by atoms with van der Waals surface area (Å²) in [7, 11) is 3.51. The Hall–Kier alpha value is -3.68. The number of fused-ring (bicyclic) bond motifs is 2. The molecule has 3 heterocycles. The van der Waals surface area contributed by atoms with Crippen molar-refractivity contribution in [3.8, 4) is 11.5 Å². The van der Waals surface area contributed by atoms with Crippen LogP contribution in [0.2, 0.25) is 0 Å². The lowest BCUT2D eigenvalue weighted by molar-refractivity contribution is 0.00827. The highest BCUT2D eigenvalue weighted by Crippen LogP contribution is 2.42. The largest absolute Gasteiger partial charge is 0.497 e. The second kappa shape index (κ2) is 14.0. The Bertz CT molecular complexity index is 1570. The second-order valence-electron chi connectivity index (χ2n) is 12.9. The summed E-state index contributed by atoms with van der Waals surface area (Å²) in [6, 6.07) is 35.3. The Labute approximate surface area is 274 Å². The minimum absolute atomic E-state index is 0.137. The summed E-state index contributed by atoms with van der Waals surface area (Å²) in [5.41, 5.74) is 8.11.